The van der Waals surface area contributed by atoms with Gasteiger partial charge in [0.05, 0.1) is 26.5 Å². The summed E-state index contributed by atoms with van der Waals surface area (Å²) in [6.45, 7) is 0.300. The highest BCUT2D eigenvalue weighted by Gasteiger charge is 2.34. The van der Waals surface area contributed by atoms with E-state index in [9.17, 15) is 10.0 Å². The van der Waals surface area contributed by atoms with Gasteiger partial charge >= 0.3 is 0 Å². The Morgan fingerprint density at radius 1 is 1.12 bits per heavy atom. The van der Waals surface area contributed by atoms with Crippen molar-refractivity contribution < 1.29 is 19.5 Å². The SMILES string of the molecule is COc1cc(CN2C(=O)/C(=N\O)c3ccc(Br)cc32)cc(OC)c1. The van der Waals surface area contributed by atoms with Gasteiger partial charge in [-0.2, -0.15) is 0 Å². The van der Waals surface area contributed by atoms with Crippen LogP contribution in [0.1, 0.15) is 11.1 Å². The van der Waals surface area contributed by atoms with Crippen LogP contribution in [0.3, 0.4) is 0 Å². The monoisotopic (exact) mass is 390 g/mol. The average Bonchev–Trinajstić information content (AvgIpc) is 2.85. The Kier molecular flexibility index (Phi) is 4.44. The maximum Gasteiger partial charge on any atom is 0.281 e. The lowest BCUT2D eigenvalue weighted by Gasteiger charge is -2.18. The summed E-state index contributed by atoms with van der Waals surface area (Å²) in [6, 6.07) is 10.8. The molecule has 1 aliphatic heterocycles. The highest BCUT2D eigenvalue weighted by Crippen LogP contribution is 2.34. The molecule has 24 heavy (non-hydrogen) atoms. The number of methoxy groups -OCH3 is 2. The number of ether oxygens (including phenoxy) is 2. The van der Waals surface area contributed by atoms with Gasteiger partial charge in [-0.15, -0.1) is 0 Å². The summed E-state index contributed by atoms with van der Waals surface area (Å²) >= 11 is 3.40. The van der Waals surface area contributed by atoms with Crippen molar-refractivity contribution in [3.8, 4) is 11.5 Å². The number of carbonyl (C=O) groups excluding carboxylic acids is 1. The molecule has 0 unspecified atom stereocenters. The van der Waals surface area contributed by atoms with Crippen LogP contribution in [-0.4, -0.2) is 31.0 Å². The standard InChI is InChI=1S/C17H15BrN2O4/c1-23-12-5-10(6-13(8-12)24-2)9-20-15-7-11(18)3-4-14(15)16(19-22)17(20)21/h3-8,22H,9H2,1-2H3/b19-16-. The van der Waals surface area contributed by atoms with Gasteiger partial charge in [-0.3, -0.25) is 4.79 Å². The van der Waals surface area contributed by atoms with Crippen molar-refractivity contribution in [3.05, 3.63) is 52.0 Å². The van der Waals surface area contributed by atoms with Crippen molar-refractivity contribution in [3.63, 3.8) is 0 Å². The van der Waals surface area contributed by atoms with E-state index in [1.807, 2.05) is 18.2 Å². The van der Waals surface area contributed by atoms with E-state index < -0.39 is 0 Å². The smallest absolute Gasteiger partial charge is 0.281 e. The van der Waals surface area contributed by atoms with Crippen LogP contribution >= 0.6 is 15.9 Å². The van der Waals surface area contributed by atoms with E-state index in [0.29, 0.717) is 29.3 Å². The fourth-order valence-corrected chi connectivity index (χ4v) is 3.02. The number of hydrogen-bond donors (Lipinski definition) is 1. The second-order valence-electron chi connectivity index (χ2n) is 5.22. The topological polar surface area (TPSA) is 71.4 Å². The molecule has 7 heteroatoms. The summed E-state index contributed by atoms with van der Waals surface area (Å²) in [5, 5.41) is 12.3. The van der Waals surface area contributed by atoms with Gasteiger partial charge in [0.25, 0.3) is 5.91 Å². The molecule has 1 aliphatic rings. The number of hydrogen-bond acceptors (Lipinski definition) is 5. The van der Waals surface area contributed by atoms with Crippen molar-refractivity contribution in [2.75, 3.05) is 19.1 Å². The fourth-order valence-electron chi connectivity index (χ4n) is 2.67. The van der Waals surface area contributed by atoms with Gasteiger partial charge < -0.3 is 19.6 Å². The molecule has 0 spiro atoms. The van der Waals surface area contributed by atoms with Crippen LogP contribution in [0, 0.1) is 0 Å². The summed E-state index contributed by atoms with van der Waals surface area (Å²) < 4.78 is 11.4. The molecule has 0 aliphatic carbocycles. The van der Waals surface area contributed by atoms with Gasteiger partial charge in [0.15, 0.2) is 5.71 Å². The lowest BCUT2D eigenvalue weighted by molar-refractivity contribution is -0.112. The highest BCUT2D eigenvalue weighted by molar-refractivity contribution is 9.10. The second kappa shape index (κ2) is 6.52. The predicted molar refractivity (Wildman–Crippen MR) is 93.2 cm³/mol. The number of anilines is 1. The van der Waals surface area contributed by atoms with Gasteiger partial charge in [0.2, 0.25) is 0 Å². The van der Waals surface area contributed by atoms with Crippen molar-refractivity contribution >= 4 is 33.2 Å². The van der Waals surface area contributed by atoms with Crippen LogP contribution in [0.15, 0.2) is 46.0 Å². The lowest BCUT2D eigenvalue weighted by Crippen LogP contribution is -2.29. The minimum Gasteiger partial charge on any atom is -0.497 e. The Labute approximate surface area is 147 Å². The highest BCUT2D eigenvalue weighted by atomic mass is 79.9. The summed E-state index contributed by atoms with van der Waals surface area (Å²) in [7, 11) is 3.14. The first-order valence-electron chi connectivity index (χ1n) is 7.13. The Bertz CT molecular complexity index is 813. The largest absolute Gasteiger partial charge is 0.497 e. The third-order valence-corrected chi connectivity index (χ3v) is 4.30. The second-order valence-corrected chi connectivity index (χ2v) is 6.14. The van der Waals surface area contributed by atoms with Gasteiger partial charge in [0, 0.05) is 16.1 Å². The third-order valence-electron chi connectivity index (χ3n) is 3.81. The lowest BCUT2D eigenvalue weighted by atomic mass is 10.1. The zero-order chi connectivity index (χ0) is 17.3. The van der Waals surface area contributed by atoms with Crippen LogP contribution in [0.2, 0.25) is 0 Å². The molecule has 0 atom stereocenters. The van der Waals surface area contributed by atoms with Crippen molar-refractivity contribution in [2.45, 2.75) is 6.54 Å². The Balaban J connectivity index is 2.02. The summed E-state index contributed by atoms with van der Waals surface area (Å²) in [4.78, 5) is 14.1. The minimum absolute atomic E-state index is 0.0346. The van der Waals surface area contributed by atoms with E-state index in [1.54, 1.807) is 37.3 Å². The molecule has 0 saturated carbocycles. The van der Waals surface area contributed by atoms with E-state index in [-0.39, 0.29) is 11.6 Å². The maximum absolute atomic E-state index is 12.6. The van der Waals surface area contributed by atoms with Crippen molar-refractivity contribution in [2.24, 2.45) is 5.16 Å². The van der Waals surface area contributed by atoms with E-state index in [0.717, 1.165) is 10.0 Å². The van der Waals surface area contributed by atoms with Crippen LogP contribution < -0.4 is 14.4 Å². The Morgan fingerprint density at radius 2 is 1.79 bits per heavy atom. The quantitative estimate of drug-likeness (QED) is 0.642. The van der Waals surface area contributed by atoms with Crippen LogP contribution in [0.4, 0.5) is 5.69 Å². The number of fused-ring (bicyclic) bond motifs is 1. The third kappa shape index (κ3) is 2.82. The van der Waals surface area contributed by atoms with Crippen molar-refractivity contribution in [1.82, 2.24) is 0 Å². The zero-order valence-corrected chi connectivity index (χ0v) is 14.7. The van der Waals surface area contributed by atoms with E-state index in [4.69, 9.17) is 9.47 Å². The van der Waals surface area contributed by atoms with Crippen LogP contribution in [0.25, 0.3) is 0 Å². The molecule has 0 radical (unpaired) electrons. The number of nitrogens with zero attached hydrogens (tertiary/aromatic N) is 2. The number of carbonyl (C=O) groups is 1. The Morgan fingerprint density at radius 3 is 2.38 bits per heavy atom. The van der Waals surface area contributed by atoms with E-state index in [2.05, 4.69) is 21.1 Å². The van der Waals surface area contributed by atoms with E-state index in [1.165, 1.54) is 0 Å². The van der Waals surface area contributed by atoms with Gasteiger partial charge in [-0.25, -0.2) is 0 Å². The molecule has 3 rings (SSSR count). The zero-order valence-electron chi connectivity index (χ0n) is 13.1. The molecule has 124 valence electrons. The summed E-state index contributed by atoms with van der Waals surface area (Å²) in [5.74, 6) is 0.926. The van der Waals surface area contributed by atoms with Gasteiger partial charge in [-0.05, 0) is 35.9 Å². The number of rotatable bonds is 4. The van der Waals surface area contributed by atoms with Crippen molar-refractivity contribution in [1.29, 1.82) is 0 Å². The molecule has 2 aromatic rings. The number of benzene rings is 2. The first kappa shape index (κ1) is 16.3. The summed E-state index contributed by atoms with van der Waals surface area (Å²) in [5.41, 5.74) is 2.15. The average molecular weight is 391 g/mol. The molecule has 0 aromatic heterocycles. The molecular formula is C17H15BrN2O4. The molecule has 0 bridgehead atoms. The van der Waals surface area contributed by atoms with Crippen LogP contribution in [-0.2, 0) is 11.3 Å². The number of oxime groups is 1. The molecule has 2 aromatic carbocycles. The number of amides is 1. The normalized spacial score (nSPS) is 14.9. The molecule has 6 nitrogen and oxygen atoms in total. The Hall–Kier alpha value is -2.54. The fraction of sp³-hybridized carbons (Fsp3) is 0.176. The number of halogens is 1. The maximum atomic E-state index is 12.6. The van der Waals surface area contributed by atoms with Crippen LogP contribution in [0.5, 0.6) is 11.5 Å². The first-order chi connectivity index (χ1) is 11.6. The van der Waals surface area contributed by atoms with Gasteiger partial charge in [0.1, 0.15) is 11.5 Å². The molecule has 0 saturated heterocycles. The van der Waals surface area contributed by atoms with E-state index >= 15 is 0 Å². The first-order valence-corrected chi connectivity index (χ1v) is 7.92. The molecular weight excluding hydrogens is 376 g/mol. The molecule has 1 heterocycles. The molecule has 0 fully saturated rings. The predicted octanol–water partition coefficient (Wildman–Crippen LogP) is 3.19. The minimum atomic E-state index is -0.354. The summed E-state index contributed by atoms with van der Waals surface area (Å²) in [6.07, 6.45) is 0. The molecule has 1 amide bonds. The molecule has 1 N–H and O–H groups in total. The van der Waals surface area contributed by atoms with Gasteiger partial charge in [-0.1, -0.05) is 21.1 Å².